The summed E-state index contributed by atoms with van der Waals surface area (Å²) in [6, 6.07) is 10.9. The van der Waals surface area contributed by atoms with E-state index in [4.69, 9.17) is 27.9 Å². The molecule has 0 saturated heterocycles. The highest BCUT2D eigenvalue weighted by Gasteiger charge is 2.21. The minimum Gasteiger partial charge on any atom is -0.480 e. The molecule has 0 saturated carbocycles. The molecule has 0 aliphatic heterocycles. The van der Waals surface area contributed by atoms with E-state index in [-0.39, 0.29) is 19.3 Å². The van der Waals surface area contributed by atoms with E-state index in [9.17, 15) is 19.5 Å². The maximum Gasteiger partial charge on any atom is 0.326 e. The normalized spacial score (nSPS) is 11.5. The number of hydroxylamine groups is 1. The third kappa shape index (κ3) is 8.45. The lowest BCUT2D eigenvalue weighted by atomic mass is 10.1. The number of amides is 2. The minimum absolute atomic E-state index is 0.0461. The van der Waals surface area contributed by atoms with Crippen LogP contribution in [0.2, 0.25) is 10.0 Å². The van der Waals surface area contributed by atoms with Crippen molar-refractivity contribution in [1.82, 2.24) is 10.8 Å². The molecular formula is C21H22Cl2N2O6. The van der Waals surface area contributed by atoms with E-state index in [1.54, 1.807) is 42.5 Å². The predicted octanol–water partition coefficient (Wildman–Crippen LogP) is 3.75. The second-order valence-corrected chi connectivity index (χ2v) is 7.39. The molecule has 166 valence electrons. The van der Waals surface area contributed by atoms with Gasteiger partial charge in [0.2, 0.25) is 11.8 Å². The molecule has 1 atom stereocenters. The van der Waals surface area contributed by atoms with E-state index in [0.717, 1.165) is 5.56 Å². The van der Waals surface area contributed by atoms with Gasteiger partial charge in [-0.1, -0.05) is 35.3 Å². The summed E-state index contributed by atoms with van der Waals surface area (Å²) in [6.07, 6.45) is 0.362. The number of rotatable bonds is 11. The van der Waals surface area contributed by atoms with Gasteiger partial charge in [-0.2, -0.15) is 0 Å². The first-order valence-corrected chi connectivity index (χ1v) is 10.1. The zero-order valence-electron chi connectivity index (χ0n) is 16.7. The molecule has 2 aromatic carbocycles. The molecule has 0 unspecified atom stereocenters. The average Bonchev–Trinajstić information content (AvgIpc) is 2.72. The number of halogens is 2. The maximum atomic E-state index is 12.1. The van der Waals surface area contributed by atoms with Gasteiger partial charge in [0.1, 0.15) is 17.5 Å². The molecule has 8 nitrogen and oxygen atoms in total. The van der Waals surface area contributed by atoms with E-state index >= 15 is 0 Å². The Hall–Kier alpha value is -2.81. The molecule has 0 radical (unpaired) electrons. The van der Waals surface area contributed by atoms with Gasteiger partial charge in [0.05, 0.1) is 12.1 Å². The predicted molar refractivity (Wildman–Crippen MR) is 115 cm³/mol. The molecule has 3 N–H and O–H groups in total. The first kappa shape index (κ1) is 24.5. The highest BCUT2D eigenvalue weighted by molar-refractivity contribution is 6.35. The first-order valence-electron chi connectivity index (χ1n) is 9.34. The molecule has 2 rings (SSSR count). The van der Waals surface area contributed by atoms with Crippen LogP contribution in [0.5, 0.6) is 11.5 Å². The summed E-state index contributed by atoms with van der Waals surface area (Å²) >= 11 is 12.0. The fourth-order valence-electron chi connectivity index (χ4n) is 2.63. The van der Waals surface area contributed by atoms with Gasteiger partial charge < -0.3 is 15.2 Å². The van der Waals surface area contributed by atoms with Gasteiger partial charge in [-0.3, -0.25) is 14.4 Å². The number of ether oxygens (including phenoxy) is 1. The fraction of sp³-hybridized carbons (Fsp3) is 0.286. The summed E-state index contributed by atoms with van der Waals surface area (Å²) in [7, 11) is 1.28. The van der Waals surface area contributed by atoms with Crippen LogP contribution in [0.3, 0.4) is 0 Å². The van der Waals surface area contributed by atoms with Crippen molar-refractivity contribution in [3.8, 4) is 11.5 Å². The quantitative estimate of drug-likeness (QED) is 0.432. The molecule has 0 spiro atoms. The van der Waals surface area contributed by atoms with Gasteiger partial charge in [0.15, 0.2) is 0 Å². The number of nitrogens with one attached hydrogen (secondary N) is 2. The Kier molecular flexibility index (Phi) is 9.58. The monoisotopic (exact) mass is 468 g/mol. The van der Waals surface area contributed by atoms with Crippen LogP contribution in [-0.4, -0.2) is 36.0 Å². The second kappa shape index (κ2) is 12.1. The van der Waals surface area contributed by atoms with Crippen LogP contribution in [0.4, 0.5) is 0 Å². The summed E-state index contributed by atoms with van der Waals surface area (Å²) in [6.45, 7) is 0. The molecule has 10 heteroatoms. The van der Waals surface area contributed by atoms with Crippen molar-refractivity contribution in [1.29, 1.82) is 0 Å². The van der Waals surface area contributed by atoms with Crippen LogP contribution in [0, 0.1) is 0 Å². The number of hydrogen-bond donors (Lipinski definition) is 3. The van der Waals surface area contributed by atoms with E-state index in [1.807, 2.05) is 0 Å². The third-order valence-electron chi connectivity index (χ3n) is 4.20. The number of hydrogen-bond acceptors (Lipinski definition) is 5. The molecule has 31 heavy (non-hydrogen) atoms. The SMILES string of the molecule is CONC(=O)CC[C@H](NC(=O)CCc1ccc(Oc2ccc(Cl)cc2Cl)cc1)C(=O)O. The Morgan fingerprint density at radius 3 is 2.35 bits per heavy atom. The number of carboxylic acid groups (broad SMARTS) is 1. The number of aliphatic carboxylic acids is 1. The van der Waals surface area contributed by atoms with Crippen molar-refractivity contribution in [2.24, 2.45) is 0 Å². The summed E-state index contributed by atoms with van der Waals surface area (Å²) in [5.74, 6) is -1.06. The maximum absolute atomic E-state index is 12.1. The highest BCUT2D eigenvalue weighted by atomic mass is 35.5. The van der Waals surface area contributed by atoms with Crippen LogP contribution >= 0.6 is 23.2 Å². The molecule has 0 heterocycles. The zero-order valence-corrected chi connectivity index (χ0v) is 18.2. The first-order chi connectivity index (χ1) is 14.8. The zero-order chi connectivity index (χ0) is 22.8. The van der Waals surface area contributed by atoms with Gasteiger partial charge >= 0.3 is 5.97 Å². The largest absolute Gasteiger partial charge is 0.480 e. The minimum atomic E-state index is -1.21. The van der Waals surface area contributed by atoms with Crippen LogP contribution in [-0.2, 0) is 25.6 Å². The van der Waals surface area contributed by atoms with Crippen LogP contribution < -0.4 is 15.5 Å². The van der Waals surface area contributed by atoms with Crippen molar-refractivity contribution < 1.29 is 29.1 Å². The average molecular weight is 469 g/mol. The standard InChI is InChI=1S/C21H22Cl2N2O6/c1-30-25-20(27)11-8-17(21(28)29)24-19(26)10-4-13-2-6-15(7-3-13)31-18-9-5-14(22)12-16(18)23/h2-3,5-7,9,12,17H,4,8,10-11H2,1H3,(H,24,26)(H,25,27)(H,28,29)/t17-/m0/s1. The van der Waals surface area contributed by atoms with Gasteiger partial charge in [0, 0.05) is 17.9 Å². The lowest BCUT2D eigenvalue weighted by Crippen LogP contribution is -2.41. The number of carboxylic acids is 1. The summed E-state index contributed by atoms with van der Waals surface area (Å²) in [4.78, 5) is 39.3. The van der Waals surface area contributed by atoms with E-state index < -0.39 is 23.8 Å². The molecule has 0 fully saturated rings. The fourth-order valence-corrected chi connectivity index (χ4v) is 3.08. The molecule has 0 aliphatic carbocycles. The number of aryl methyl sites for hydroxylation is 1. The van der Waals surface area contributed by atoms with Crippen molar-refractivity contribution in [2.45, 2.75) is 31.7 Å². The van der Waals surface area contributed by atoms with Crippen molar-refractivity contribution >= 4 is 41.0 Å². The van der Waals surface area contributed by atoms with E-state index in [0.29, 0.717) is 28.0 Å². The van der Waals surface area contributed by atoms with Gasteiger partial charge in [-0.15, -0.1) is 0 Å². The summed E-state index contributed by atoms with van der Waals surface area (Å²) < 4.78 is 5.71. The summed E-state index contributed by atoms with van der Waals surface area (Å²) in [5.41, 5.74) is 2.97. The molecular weight excluding hydrogens is 447 g/mol. The van der Waals surface area contributed by atoms with Crippen LogP contribution in [0.25, 0.3) is 0 Å². The number of benzene rings is 2. The molecule has 0 bridgehead atoms. The molecule has 2 aromatic rings. The Morgan fingerprint density at radius 1 is 1.03 bits per heavy atom. The second-order valence-electron chi connectivity index (χ2n) is 6.55. The lowest BCUT2D eigenvalue weighted by Gasteiger charge is -2.14. The number of carbonyl (C=O) groups excluding carboxylic acids is 2. The Morgan fingerprint density at radius 2 is 1.74 bits per heavy atom. The van der Waals surface area contributed by atoms with Crippen LogP contribution in [0.1, 0.15) is 24.8 Å². The molecule has 2 amide bonds. The Balaban J connectivity index is 1.84. The van der Waals surface area contributed by atoms with Gasteiger partial charge in [0.25, 0.3) is 0 Å². The van der Waals surface area contributed by atoms with Gasteiger partial charge in [-0.25, -0.2) is 10.3 Å². The Labute approximate surface area is 189 Å². The van der Waals surface area contributed by atoms with E-state index in [1.165, 1.54) is 7.11 Å². The van der Waals surface area contributed by atoms with Crippen molar-refractivity contribution in [3.05, 3.63) is 58.1 Å². The highest BCUT2D eigenvalue weighted by Crippen LogP contribution is 2.31. The topological polar surface area (TPSA) is 114 Å². The lowest BCUT2D eigenvalue weighted by molar-refractivity contribution is -0.142. The van der Waals surface area contributed by atoms with Gasteiger partial charge in [-0.05, 0) is 48.7 Å². The van der Waals surface area contributed by atoms with Crippen molar-refractivity contribution in [3.63, 3.8) is 0 Å². The Bertz CT molecular complexity index is 921. The van der Waals surface area contributed by atoms with E-state index in [2.05, 4.69) is 15.6 Å². The smallest absolute Gasteiger partial charge is 0.326 e. The molecule has 0 aromatic heterocycles. The van der Waals surface area contributed by atoms with Crippen molar-refractivity contribution in [2.75, 3.05) is 7.11 Å². The molecule has 0 aliphatic rings. The third-order valence-corrected chi connectivity index (χ3v) is 4.73. The van der Waals surface area contributed by atoms with Crippen LogP contribution in [0.15, 0.2) is 42.5 Å². The summed E-state index contributed by atoms with van der Waals surface area (Å²) in [5, 5.41) is 12.6. The number of carbonyl (C=O) groups is 3.